The van der Waals surface area contributed by atoms with E-state index in [0.29, 0.717) is 31.3 Å². The second-order valence-corrected chi connectivity index (χ2v) is 5.55. The average Bonchev–Trinajstić information content (AvgIpc) is 2.52. The molecule has 128 valence electrons. The first-order valence-corrected chi connectivity index (χ1v) is 7.81. The van der Waals surface area contributed by atoms with E-state index in [1.165, 1.54) is 0 Å². The van der Waals surface area contributed by atoms with Crippen LogP contribution in [0.5, 0.6) is 5.75 Å². The molecule has 0 unspecified atom stereocenters. The van der Waals surface area contributed by atoms with Crippen molar-refractivity contribution in [3.8, 4) is 5.75 Å². The summed E-state index contributed by atoms with van der Waals surface area (Å²) in [4.78, 5) is 25.5. The van der Waals surface area contributed by atoms with Crippen molar-refractivity contribution >= 4 is 17.7 Å². The van der Waals surface area contributed by atoms with Gasteiger partial charge in [-0.25, -0.2) is 4.79 Å². The molecular weight excluding hydrogens is 296 g/mol. The zero-order chi connectivity index (χ0) is 17.2. The number of esters is 1. The second-order valence-electron chi connectivity index (χ2n) is 5.55. The van der Waals surface area contributed by atoms with E-state index in [9.17, 15) is 9.59 Å². The highest BCUT2D eigenvalue weighted by molar-refractivity contribution is 5.89. The van der Waals surface area contributed by atoms with E-state index in [-0.39, 0.29) is 18.4 Å². The number of benzene rings is 1. The van der Waals surface area contributed by atoms with Crippen molar-refractivity contribution in [2.75, 3.05) is 32.1 Å². The number of hydrogen-bond donors (Lipinski definition) is 1. The van der Waals surface area contributed by atoms with Gasteiger partial charge in [-0.2, -0.15) is 0 Å². The summed E-state index contributed by atoms with van der Waals surface area (Å²) in [6.07, 6.45) is 0.191. The third kappa shape index (κ3) is 7.04. The van der Waals surface area contributed by atoms with Crippen LogP contribution < -0.4 is 10.1 Å². The van der Waals surface area contributed by atoms with Gasteiger partial charge < -0.3 is 19.7 Å². The Morgan fingerprint density at radius 1 is 1.22 bits per heavy atom. The molecule has 0 atom stereocenters. The van der Waals surface area contributed by atoms with E-state index in [1.807, 2.05) is 13.8 Å². The predicted octanol–water partition coefficient (Wildman–Crippen LogP) is 3.14. The molecule has 1 N–H and O–H groups in total. The first kappa shape index (κ1) is 18.8. The molecule has 2 amide bonds. The van der Waals surface area contributed by atoms with Gasteiger partial charge in [0.25, 0.3) is 0 Å². The molecule has 0 heterocycles. The Morgan fingerprint density at radius 3 is 2.39 bits per heavy atom. The monoisotopic (exact) mass is 322 g/mol. The lowest BCUT2D eigenvalue weighted by Crippen LogP contribution is -2.39. The quantitative estimate of drug-likeness (QED) is 0.747. The number of nitrogens with one attached hydrogen (secondary N) is 1. The molecule has 0 bridgehead atoms. The molecule has 0 saturated carbocycles. The summed E-state index contributed by atoms with van der Waals surface area (Å²) >= 11 is 0. The number of carbonyl (C=O) groups is 2. The Bertz CT molecular complexity index is 500. The van der Waals surface area contributed by atoms with Gasteiger partial charge in [0.05, 0.1) is 20.1 Å². The van der Waals surface area contributed by atoms with E-state index >= 15 is 0 Å². The largest absolute Gasteiger partial charge is 0.497 e. The molecule has 0 aromatic heterocycles. The van der Waals surface area contributed by atoms with Crippen LogP contribution in [0.15, 0.2) is 24.3 Å². The minimum absolute atomic E-state index is 0.191. The lowest BCUT2D eigenvalue weighted by atomic mass is 10.2. The molecule has 0 saturated heterocycles. The second kappa shape index (κ2) is 9.71. The Labute approximate surface area is 137 Å². The smallest absolute Gasteiger partial charge is 0.321 e. The van der Waals surface area contributed by atoms with Gasteiger partial charge >= 0.3 is 12.0 Å². The Kier molecular flexibility index (Phi) is 7.94. The van der Waals surface area contributed by atoms with Crippen LogP contribution in [0.3, 0.4) is 0 Å². The molecule has 0 aliphatic rings. The van der Waals surface area contributed by atoms with E-state index in [4.69, 9.17) is 9.47 Å². The third-order valence-electron chi connectivity index (χ3n) is 3.11. The normalized spacial score (nSPS) is 10.3. The molecule has 0 spiro atoms. The summed E-state index contributed by atoms with van der Waals surface area (Å²) in [7, 11) is 1.59. The summed E-state index contributed by atoms with van der Waals surface area (Å²) in [5.74, 6) is 0.738. The van der Waals surface area contributed by atoms with Crippen LogP contribution in [0.1, 0.15) is 27.2 Å². The van der Waals surface area contributed by atoms with E-state index in [2.05, 4.69) is 5.32 Å². The van der Waals surface area contributed by atoms with Gasteiger partial charge in [-0.3, -0.25) is 4.79 Å². The summed E-state index contributed by atoms with van der Waals surface area (Å²) in [5.41, 5.74) is 0.681. The van der Waals surface area contributed by atoms with Gasteiger partial charge in [-0.05, 0) is 37.1 Å². The minimum atomic E-state index is -0.293. The van der Waals surface area contributed by atoms with Crippen molar-refractivity contribution in [3.63, 3.8) is 0 Å². The molecule has 1 aromatic carbocycles. The molecule has 6 heteroatoms. The number of nitrogens with zero attached hydrogens (tertiary/aromatic N) is 1. The maximum atomic E-state index is 12.4. The number of hydrogen-bond acceptors (Lipinski definition) is 4. The van der Waals surface area contributed by atoms with Crippen LogP contribution in [0, 0.1) is 5.92 Å². The minimum Gasteiger partial charge on any atom is -0.497 e. The first-order valence-electron chi connectivity index (χ1n) is 7.81. The van der Waals surface area contributed by atoms with Crippen molar-refractivity contribution in [3.05, 3.63) is 24.3 Å². The van der Waals surface area contributed by atoms with Gasteiger partial charge in [0.2, 0.25) is 0 Å². The van der Waals surface area contributed by atoms with Crippen LogP contribution >= 0.6 is 0 Å². The van der Waals surface area contributed by atoms with Crippen LogP contribution in [0.2, 0.25) is 0 Å². The topological polar surface area (TPSA) is 67.9 Å². The molecule has 6 nitrogen and oxygen atoms in total. The van der Waals surface area contributed by atoms with Crippen LogP contribution in [0.4, 0.5) is 10.5 Å². The molecule has 0 fully saturated rings. The maximum absolute atomic E-state index is 12.4. The van der Waals surface area contributed by atoms with Gasteiger partial charge in [0, 0.05) is 18.8 Å². The van der Waals surface area contributed by atoms with Crippen molar-refractivity contribution in [1.29, 1.82) is 0 Å². The van der Waals surface area contributed by atoms with Crippen molar-refractivity contribution in [2.45, 2.75) is 27.2 Å². The first-order chi connectivity index (χ1) is 11.0. The summed E-state index contributed by atoms with van der Waals surface area (Å²) in [6, 6.07) is 6.88. The number of amides is 2. The van der Waals surface area contributed by atoms with Crippen LogP contribution in [0.25, 0.3) is 0 Å². The molecule has 1 rings (SSSR count). The number of methoxy groups -OCH3 is 1. The van der Waals surface area contributed by atoms with Gasteiger partial charge in [0.15, 0.2) is 0 Å². The number of ether oxygens (including phenoxy) is 2. The number of anilines is 1. The van der Waals surface area contributed by atoms with E-state index < -0.39 is 0 Å². The molecular formula is C17H26N2O4. The Morgan fingerprint density at radius 2 is 1.87 bits per heavy atom. The fraction of sp³-hybridized carbons (Fsp3) is 0.529. The van der Waals surface area contributed by atoms with Crippen LogP contribution in [-0.4, -0.2) is 43.7 Å². The zero-order valence-corrected chi connectivity index (χ0v) is 14.3. The van der Waals surface area contributed by atoms with Crippen molar-refractivity contribution < 1.29 is 19.1 Å². The molecule has 1 aromatic rings. The number of carbonyl (C=O) groups excluding carboxylic acids is 2. The lowest BCUT2D eigenvalue weighted by Gasteiger charge is -2.24. The maximum Gasteiger partial charge on any atom is 0.321 e. The molecule has 23 heavy (non-hydrogen) atoms. The average molecular weight is 322 g/mol. The van der Waals surface area contributed by atoms with Crippen molar-refractivity contribution in [1.82, 2.24) is 4.90 Å². The Balaban J connectivity index is 2.64. The fourth-order valence-corrected chi connectivity index (χ4v) is 2.05. The predicted molar refractivity (Wildman–Crippen MR) is 89.7 cm³/mol. The van der Waals surface area contributed by atoms with E-state index in [0.717, 1.165) is 5.75 Å². The third-order valence-corrected chi connectivity index (χ3v) is 3.11. The van der Waals surface area contributed by atoms with Gasteiger partial charge in [-0.1, -0.05) is 13.8 Å². The standard InChI is InChI=1S/C17H26N2O4/c1-5-23-16(20)10-11-19(12-13(2)3)17(21)18-14-6-8-15(22-4)9-7-14/h6-9,13H,5,10-12H2,1-4H3,(H,18,21). The molecule has 0 aliphatic carbocycles. The number of urea groups is 1. The van der Waals surface area contributed by atoms with Crippen molar-refractivity contribution in [2.24, 2.45) is 5.92 Å². The highest BCUT2D eigenvalue weighted by atomic mass is 16.5. The summed E-state index contributed by atoms with van der Waals surface area (Å²) in [5, 5.41) is 2.83. The van der Waals surface area contributed by atoms with Gasteiger partial charge in [0.1, 0.15) is 5.75 Å². The summed E-state index contributed by atoms with van der Waals surface area (Å²) in [6.45, 7) is 7.07. The zero-order valence-electron chi connectivity index (χ0n) is 14.3. The molecule has 0 aliphatic heterocycles. The highest BCUT2D eigenvalue weighted by Gasteiger charge is 2.17. The highest BCUT2D eigenvalue weighted by Crippen LogP contribution is 2.15. The summed E-state index contributed by atoms with van der Waals surface area (Å²) < 4.78 is 10.00. The van der Waals surface area contributed by atoms with Gasteiger partial charge in [-0.15, -0.1) is 0 Å². The number of rotatable bonds is 8. The fourth-order valence-electron chi connectivity index (χ4n) is 2.05. The lowest BCUT2D eigenvalue weighted by molar-refractivity contribution is -0.143. The van der Waals surface area contributed by atoms with E-state index in [1.54, 1.807) is 43.2 Å². The Hall–Kier alpha value is -2.24. The SMILES string of the molecule is CCOC(=O)CCN(CC(C)C)C(=O)Nc1ccc(OC)cc1. The molecule has 0 radical (unpaired) electrons. The van der Waals surface area contributed by atoms with Crippen LogP contribution in [-0.2, 0) is 9.53 Å².